The van der Waals surface area contributed by atoms with Crippen molar-refractivity contribution >= 4 is 0 Å². The van der Waals surface area contributed by atoms with E-state index in [4.69, 9.17) is 13.9 Å². The van der Waals surface area contributed by atoms with Crippen molar-refractivity contribution in [1.82, 2.24) is 0 Å². The van der Waals surface area contributed by atoms with Crippen molar-refractivity contribution < 1.29 is 19.0 Å². The summed E-state index contributed by atoms with van der Waals surface area (Å²) < 4.78 is 16.2. The third kappa shape index (κ3) is 2.22. The van der Waals surface area contributed by atoms with Crippen LogP contribution < -0.4 is 0 Å². The number of hydrogen-bond donors (Lipinski definition) is 1. The van der Waals surface area contributed by atoms with Crippen LogP contribution in [0.1, 0.15) is 31.2 Å². The summed E-state index contributed by atoms with van der Waals surface area (Å²) in [6.45, 7) is 4.35. The van der Waals surface area contributed by atoms with Crippen LogP contribution in [-0.4, -0.2) is 23.9 Å². The lowest BCUT2D eigenvalue weighted by Gasteiger charge is -2.34. The summed E-state index contributed by atoms with van der Waals surface area (Å²) >= 11 is 0. The number of aliphatic hydroxyl groups is 1. The molecule has 1 aliphatic heterocycles. The Kier molecular flexibility index (Phi) is 2.82. The van der Waals surface area contributed by atoms with Crippen molar-refractivity contribution in [3.63, 3.8) is 0 Å². The maximum atomic E-state index is 9.87. The lowest BCUT2D eigenvalue weighted by atomic mass is 10.0. The Balaban J connectivity index is 1.99. The third-order valence-electron chi connectivity index (χ3n) is 2.66. The molecular weight excluding hydrogens is 196 g/mol. The first-order valence-corrected chi connectivity index (χ1v) is 5.15. The van der Waals surface area contributed by atoms with E-state index in [-0.39, 0.29) is 13.2 Å². The lowest BCUT2D eigenvalue weighted by Crippen LogP contribution is -2.44. The highest BCUT2D eigenvalue weighted by Gasteiger charge is 2.34. The Morgan fingerprint density at radius 3 is 2.53 bits per heavy atom. The second-order valence-electron chi connectivity index (χ2n) is 3.98. The van der Waals surface area contributed by atoms with Gasteiger partial charge in [-0.25, -0.2) is 0 Å². The summed E-state index contributed by atoms with van der Waals surface area (Å²) in [7, 11) is 0. The molecule has 0 bridgehead atoms. The topological polar surface area (TPSA) is 51.8 Å². The largest absolute Gasteiger partial charge is 0.461 e. The number of ether oxygens (including phenoxy) is 2. The second kappa shape index (κ2) is 3.96. The van der Waals surface area contributed by atoms with Crippen molar-refractivity contribution in [3.8, 4) is 0 Å². The Bertz CT molecular complexity index is 323. The summed E-state index contributed by atoms with van der Waals surface area (Å²) in [6.07, 6.45) is 0.141. The molecule has 0 saturated carbocycles. The monoisotopic (exact) mass is 212 g/mol. The van der Waals surface area contributed by atoms with Gasteiger partial charge in [-0.05, 0) is 25.5 Å². The fourth-order valence-corrected chi connectivity index (χ4v) is 1.50. The highest BCUT2D eigenvalue weighted by molar-refractivity contribution is 5.07. The summed E-state index contributed by atoms with van der Waals surface area (Å²) in [5.41, 5.74) is -0.849. The van der Waals surface area contributed by atoms with Gasteiger partial charge in [0.1, 0.15) is 11.4 Å². The number of hydrogen-bond acceptors (Lipinski definition) is 4. The quantitative estimate of drug-likeness (QED) is 0.811. The van der Waals surface area contributed by atoms with E-state index >= 15 is 0 Å². The van der Waals surface area contributed by atoms with Gasteiger partial charge in [-0.3, -0.25) is 0 Å². The molecule has 1 fully saturated rings. The third-order valence-corrected chi connectivity index (χ3v) is 2.66. The van der Waals surface area contributed by atoms with E-state index in [1.807, 2.05) is 26.0 Å². The molecule has 0 unspecified atom stereocenters. The SMILES string of the molecule is CCC1(O)COC(c2ccc(C)o2)OC1. The van der Waals surface area contributed by atoms with Crippen LogP contribution in [0.3, 0.4) is 0 Å². The number of rotatable bonds is 2. The van der Waals surface area contributed by atoms with E-state index in [9.17, 15) is 5.11 Å². The van der Waals surface area contributed by atoms with Crippen LogP contribution in [0.4, 0.5) is 0 Å². The summed E-state index contributed by atoms with van der Waals surface area (Å²) in [5, 5.41) is 9.87. The highest BCUT2D eigenvalue weighted by atomic mass is 16.7. The van der Waals surface area contributed by atoms with Crippen LogP contribution in [0.15, 0.2) is 16.5 Å². The van der Waals surface area contributed by atoms with Crippen LogP contribution >= 0.6 is 0 Å². The van der Waals surface area contributed by atoms with Crippen molar-refractivity contribution in [2.75, 3.05) is 13.2 Å². The molecule has 1 N–H and O–H groups in total. The molecule has 0 aliphatic carbocycles. The molecule has 0 radical (unpaired) electrons. The van der Waals surface area contributed by atoms with Gasteiger partial charge in [-0.1, -0.05) is 6.92 Å². The molecule has 4 nitrogen and oxygen atoms in total. The van der Waals surface area contributed by atoms with Crippen molar-refractivity contribution in [1.29, 1.82) is 0 Å². The van der Waals surface area contributed by atoms with Crippen LogP contribution in [0.25, 0.3) is 0 Å². The minimum absolute atomic E-state index is 0.286. The average Bonchev–Trinajstić information content (AvgIpc) is 2.66. The Labute approximate surface area is 88.8 Å². The van der Waals surface area contributed by atoms with E-state index in [1.165, 1.54) is 0 Å². The molecule has 4 heteroatoms. The molecule has 1 saturated heterocycles. The fourth-order valence-electron chi connectivity index (χ4n) is 1.50. The summed E-state index contributed by atoms with van der Waals surface area (Å²) in [4.78, 5) is 0. The molecule has 0 atom stereocenters. The minimum atomic E-state index is -0.849. The molecule has 1 aliphatic rings. The first kappa shape index (κ1) is 10.7. The molecule has 15 heavy (non-hydrogen) atoms. The van der Waals surface area contributed by atoms with E-state index in [0.29, 0.717) is 12.2 Å². The maximum absolute atomic E-state index is 9.87. The van der Waals surface area contributed by atoms with Gasteiger partial charge in [-0.15, -0.1) is 0 Å². The van der Waals surface area contributed by atoms with Crippen LogP contribution in [0.5, 0.6) is 0 Å². The van der Waals surface area contributed by atoms with E-state index in [1.54, 1.807) is 0 Å². The molecule has 2 rings (SSSR count). The molecule has 0 amide bonds. The predicted octanol–water partition coefficient (Wildman–Crippen LogP) is 1.77. The standard InChI is InChI=1S/C11H16O4/c1-3-11(12)6-13-10(14-7-11)9-5-4-8(2)15-9/h4-5,10,12H,3,6-7H2,1-2H3. The van der Waals surface area contributed by atoms with Gasteiger partial charge in [0.15, 0.2) is 5.76 Å². The van der Waals surface area contributed by atoms with E-state index < -0.39 is 11.9 Å². The Morgan fingerprint density at radius 1 is 1.40 bits per heavy atom. The van der Waals surface area contributed by atoms with Crippen molar-refractivity contribution in [2.45, 2.75) is 32.2 Å². The Hall–Kier alpha value is -0.840. The first-order chi connectivity index (χ1) is 7.13. The van der Waals surface area contributed by atoms with Gasteiger partial charge in [-0.2, -0.15) is 0 Å². The van der Waals surface area contributed by atoms with Gasteiger partial charge >= 0.3 is 0 Å². The van der Waals surface area contributed by atoms with Gasteiger partial charge in [0.05, 0.1) is 13.2 Å². The summed E-state index contributed by atoms with van der Waals surface area (Å²) in [5.74, 6) is 1.49. The van der Waals surface area contributed by atoms with Gasteiger partial charge in [0, 0.05) is 0 Å². The zero-order chi connectivity index (χ0) is 10.9. The van der Waals surface area contributed by atoms with Crippen molar-refractivity contribution in [3.05, 3.63) is 23.7 Å². The number of aryl methyl sites for hydroxylation is 1. The maximum Gasteiger partial charge on any atom is 0.217 e. The van der Waals surface area contributed by atoms with Gasteiger partial charge in [0.25, 0.3) is 0 Å². The van der Waals surface area contributed by atoms with E-state index in [0.717, 1.165) is 5.76 Å². The summed E-state index contributed by atoms with van der Waals surface area (Å²) in [6, 6.07) is 3.69. The molecule has 1 aromatic rings. The first-order valence-electron chi connectivity index (χ1n) is 5.15. The molecular formula is C11H16O4. The van der Waals surface area contributed by atoms with Crippen LogP contribution in [0, 0.1) is 6.92 Å². The molecule has 2 heterocycles. The van der Waals surface area contributed by atoms with Crippen LogP contribution in [-0.2, 0) is 9.47 Å². The van der Waals surface area contributed by atoms with Gasteiger partial charge < -0.3 is 19.0 Å². The number of furan rings is 1. The minimum Gasteiger partial charge on any atom is -0.461 e. The van der Waals surface area contributed by atoms with Gasteiger partial charge in [0.2, 0.25) is 6.29 Å². The predicted molar refractivity (Wildman–Crippen MR) is 53.3 cm³/mol. The normalized spacial score (nSPS) is 31.8. The lowest BCUT2D eigenvalue weighted by molar-refractivity contribution is -0.262. The van der Waals surface area contributed by atoms with E-state index in [2.05, 4.69) is 0 Å². The molecule has 1 aromatic heterocycles. The highest BCUT2D eigenvalue weighted by Crippen LogP contribution is 2.29. The molecule has 84 valence electrons. The zero-order valence-corrected chi connectivity index (χ0v) is 9.03. The second-order valence-corrected chi connectivity index (χ2v) is 3.98. The molecule has 0 aromatic carbocycles. The van der Waals surface area contributed by atoms with Crippen LogP contribution in [0.2, 0.25) is 0 Å². The smallest absolute Gasteiger partial charge is 0.217 e. The average molecular weight is 212 g/mol. The van der Waals surface area contributed by atoms with Crippen molar-refractivity contribution in [2.24, 2.45) is 0 Å². The zero-order valence-electron chi connectivity index (χ0n) is 9.03. The molecule has 0 spiro atoms. The fraction of sp³-hybridized carbons (Fsp3) is 0.636. The Morgan fingerprint density at radius 2 is 2.07 bits per heavy atom.